The molecule has 3 N–H and O–H groups in total. The lowest BCUT2D eigenvalue weighted by Gasteiger charge is -2.29. The molecule has 1 amide bonds. The maximum absolute atomic E-state index is 12.0. The summed E-state index contributed by atoms with van der Waals surface area (Å²) in [6.45, 7) is 4.11. The molecular formula is C15H27N3O3. The van der Waals surface area contributed by atoms with Crippen molar-refractivity contribution in [2.75, 3.05) is 32.7 Å². The molecule has 0 aromatic carbocycles. The molecule has 6 nitrogen and oxygen atoms in total. The van der Waals surface area contributed by atoms with Crippen LogP contribution in [0.15, 0.2) is 0 Å². The Hall–Kier alpha value is -1.14. The summed E-state index contributed by atoms with van der Waals surface area (Å²) < 4.78 is 0. The lowest BCUT2D eigenvalue weighted by Crippen LogP contribution is -2.43. The number of carbonyl (C=O) groups is 2. The number of aliphatic carboxylic acids is 1. The van der Waals surface area contributed by atoms with E-state index in [1.54, 1.807) is 0 Å². The van der Waals surface area contributed by atoms with Crippen LogP contribution in [0.25, 0.3) is 0 Å². The monoisotopic (exact) mass is 297 g/mol. The fraction of sp³-hybridized carbons (Fsp3) is 0.867. The molecule has 0 aromatic rings. The van der Waals surface area contributed by atoms with Crippen LogP contribution in [-0.4, -0.2) is 60.6 Å². The highest BCUT2D eigenvalue weighted by Gasteiger charge is 2.31. The van der Waals surface area contributed by atoms with Gasteiger partial charge in [0.05, 0.1) is 6.54 Å². The second-order valence-corrected chi connectivity index (χ2v) is 6.20. The highest BCUT2D eigenvalue weighted by molar-refractivity contribution is 5.78. The number of carboxylic acids is 1. The van der Waals surface area contributed by atoms with Crippen molar-refractivity contribution in [1.29, 1.82) is 0 Å². The van der Waals surface area contributed by atoms with Gasteiger partial charge in [0.2, 0.25) is 5.91 Å². The SMILES string of the molecule is O=C(O)CCCNC(=O)CN(CC1CCNCC1)C1CC1. The molecule has 0 bridgehead atoms. The van der Waals surface area contributed by atoms with E-state index in [4.69, 9.17) is 5.11 Å². The fourth-order valence-electron chi connectivity index (χ4n) is 2.89. The van der Waals surface area contributed by atoms with Crippen LogP contribution >= 0.6 is 0 Å². The van der Waals surface area contributed by atoms with Crippen molar-refractivity contribution < 1.29 is 14.7 Å². The van der Waals surface area contributed by atoms with Crippen molar-refractivity contribution in [3.8, 4) is 0 Å². The number of carbonyl (C=O) groups excluding carboxylic acids is 1. The first kappa shape index (κ1) is 16.2. The van der Waals surface area contributed by atoms with E-state index in [-0.39, 0.29) is 12.3 Å². The van der Waals surface area contributed by atoms with Crippen molar-refractivity contribution in [3.05, 3.63) is 0 Å². The number of carboxylic acid groups (broad SMARTS) is 1. The van der Waals surface area contributed by atoms with Gasteiger partial charge in [-0.3, -0.25) is 14.5 Å². The normalized spacial score (nSPS) is 19.7. The van der Waals surface area contributed by atoms with Gasteiger partial charge in [-0.1, -0.05) is 0 Å². The average Bonchev–Trinajstić information content (AvgIpc) is 3.28. The minimum absolute atomic E-state index is 0.0289. The molecule has 2 aliphatic rings. The van der Waals surface area contributed by atoms with Gasteiger partial charge < -0.3 is 15.7 Å². The Morgan fingerprint density at radius 3 is 2.52 bits per heavy atom. The van der Waals surface area contributed by atoms with Crippen LogP contribution in [0.1, 0.15) is 38.5 Å². The average molecular weight is 297 g/mol. The molecule has 120 valence electrons. The minimum Gasteiger partial charge on any atom is -0.481 e. The van der Waals surface area contributed by atoms with Gasteiger partial charge in [0, 0.05) is 25.6 Å². The first-order valence-corrected chi connectivity index (χ1v) is 8.08. The molecule has 2 rings (SSSR count). The largest absolute Gasteiger partial charge is 0.481 e. The van der Waals surface area contributed by atoms with Crippen LogP contribution in [0.5, 0.6) is 0 Å². The lowest BCUT2D eigenvalue weighted by molar-refractivity contribution is -0.137. The van der Waals surface area contributed by atoms with E-state index in [0.717, 1.165) is 19.6 Å². The maximum Gasteiger partial charge on any atom is 0.303 e. The zero-order valence-corrected chi connectivity index (χ0v) is 12.6. The smallest absolute Gasteiger partial charge is 0.303 e. The number of hydrogen-bond donors (Lipinski definition) is 3. The number of piperidine rings is 1. The van der Waals surface area contributed by atoms with Gasteiger partial charge in [-0.2, -0.15) is 0 Å². The molecule has 2 fully saturated rings. The summed E-state index contributed by atoms with van der Waals surface area (Å²) in [6, 6.07) is 0.588. The first-order valence-electron chi connectivity index (χ1n) is 8.08. The summed E-state index contributed by atoms with van der Waals surface area (Å²) >= 11 is 0. The quantitative estimate of drug-likeness (QED) is 0.538. The van der Waals surface area contributed by atoms with Crippen LogP contribution in [0, 0.1) is 5.92 Å². The number of nitrogens with zero attached hydrogens (tertiary/aromatic N) is 1. The summed E-state index contributed by atoms with van der Waals surface area (Å²) in [7, 11) is 0. The van der Waals surface area contributed by atoms with Crippen molar-refractivity contribution >= 4 is 11.9 Å². The van der Waals surface area contributed by atoms with Crippen LogP contribution in [-0.2, 0) is 9.59 Å². The highest BCUT2D eigenvalue weighted by Crippen LogP contribution is 2.28. The van der Waals surface area contributed by atoms with Crippen LogP contribution in [0.4, 0.5) is 0 Å². The molecule has 0 atom stereocenters. The Labute approximate surface area is 126 Å². The Morgan fingerprint density at radius 2 is 1.90 bits per heavy atom. The van der Waals surface area contributed by atoms with E-state index in [1.165, 1.54) is 25.7 Å². The second kappa shape index (κ2) is 8.34. The summed E-state index contributed by atoms with van der Waals surface area (Å²) in [5.74, 6) is -0.0809. The van der Waals surface area contributed by atoms with Gasteiger partial charge in [0.15, 0.2) is 0 Å². The molecule has 0 aromatic heterocycles. The Bertz CT molecular complexity index is 352. The molecule has 6 heteroatoms. The number of hydrogen-bond acceptors (Lipinski definition) is 4. The third-order valence-electron chi connectivity index (χ3n) is 4.25. The molecular weight excluding hydrogens is 270 g/mol. The van der Waals surface area contributed by atoms with Gasteiger partial charge in [0.1, 0.15) is 0 Å². The summed E-state index contributed by atoms with van der Waals surface area (Å²) in [6.07, 6.45) is 5.42. The zero-order chi connectivity index (χ0) is 15.1. The van der Waals surface area contributed by atoms with Gasteiger partial charge in [-0.05, 0) is 51.1 Å². The molecule has 1 saturated heterocycles. The number of nitrogens with one attached hydrogen (secondary N) is 2. The molecule has 0 unspecified atom stereocenters. The van der Waals surface area contributed by atoms with E-state index in [9.17, 15) is 9.59 Å². The first-order chi connectivity index (χ1) is 10.1. The third kappa shape index (κ3) is 6.44. The van der Waals surface area contributed by atoms with E-state index < -0.39 is 5.97 Å². The predicted octanol–water partition coefficient (Wildman–Crippen LogP) is 0.431. The molecule has 1 aliphatic heterocycles. The molecule has 1 heterocycles. The Kier molecular flexibility index (Phi) is 6.45. The summed E-state index contributed by atoms with van der Waals surface area (Å²) in [5, 5.41) is 14.8. The molecule has 1 aliphatic carbocycles. The van der Waals surface area contributed by atoms with Crippen LogP contribution in [0.2, 0.25) is 0 Å². The van der Waals surface area contributed by atoms with E-state index in [1.807, 2.05) is 0 Å². The van der Waals surface area contributed by atoms with Crippen molar-refractivity contribution in [3.63, 3.8) is 0 Å². The third-order valence-corrected chi connectivity index (χ3v) is 4.25. The molecule has 0 spiro atoms. The lowest BCUT2D eigenvalue weighted by atomic mass is 9.97. The number of amides is 1. The predicted molar refractivity (Wildman–Crippen MR) is 80.1 cm³/mol. The van der Waals surface area contributed by atoms with Crippen molar-refractivity contribution in [2.24, 2.45) is 5.92 Å². The standard InChI is InChI=1S/C15H27N3O3/c19-14(17-7-1-2-15(20)21)11-18(13-3-4-13)10-12-5-8-16-9-6-12/h12-13,16H,1-11H2,(H,17,19)(H,20,21). The summed E-state index contributed by atoms with van der Waals surface area (Å²) in [5.41, 5.74) is 0. The second-order valence-electron chi connectivity index (χ2n) is 6.20. The van der Waals surface area contributed by atoms with Crippen LogP contribution in [0.3, 0.4) is 0 Å². The van der Waals surface area contributed by atoms with Gasteiger partial charge in [-0.25, -0.2) is 0 Å². The zero-order valence-electron chi connectivity index (χ0n) is 12.6. The van der Waals surface area contributed by atoms with Crippen molar-refractivity contribution in [1.82, 2.24) is 15.5 Å². The van der Waals surface area contributed by atoms with Gasteiger partial charge in [-0.15, -0.1) is 0 Å². The van der Waals surface area contributed by atoms with Crippen molar-refractivity contribution in [2.45, 2.75) is 44.6 Å². The van der Waals surface area contributed by atoms with E-state index in [2.05, 4.69) is 15.5 Å². The summed E-state index contributed by atoms with van der Waals surface area (Å²) in [4.78, 5) is 24.7. The molecule has 1 saturated carbocycles. The Balaban J connectivity index is 1.66. The van der Waals surface area contributed by atoms with Crippen LogP contribution < -0.4 is 10.6 Å². The fourth-order valence-corrected chi connectivity index (χ4v) is 2.89. The minimum atomic E-state index is -0.810. The maximum atomic E-state index is 12.0. The highest BCUT2D eigenvalue weighted by atomic mass is 16.4. The van der Waals surface area contributed by atoms with Gasteiger partial charge in [0.25, 0.3) is 0 Å². The van der Waals surface area contributed by atoms with E-state index >= 15 is 0 Å². The molecule has 21 heavy (non-hydrogen) atoms. The topological polar surface area (TPSA) is 81.7 Å². The van der Waals surface area contributed by atoms with Gasteiger partial charge >= 0.3 is 5.97 Å². The molecule has 0 radical (unpaired) electrons. The number of rotatable bonds is 9. The Morgan fingerprint density at radius 1 is 1.19 bits per heavy atom. The van der Waals surface area contributed by atoms with E-state index in [0.29, 0.717) is 31.5 Å².